The number of ether oxygens (including phenoxy) is 1. The van der Waals surface area contributed by atoms with Crippen LogP contribution in [0.4, 0.5) is 11.4 Å². The van der Waals surface area contributed by atoms with E-state index in [2.05, 4.69) is 22.3 Å². The number of hydrogen-bond donors (Lipinski definition) is 1. The summed E-state index contributed by atoms with van der Waals surface area (Å²) in [6.07, 6.45) is 0. The first kappa shape index (κ1) is 18.8. The molecule has 6 nitrogen and oxygen atoms in total. The Kier molecular flexibility index (Phi) is 5.96. The Morgan fingerprint density at radius 3 is 2.37 bits per heavy atom. The molecule has 1 fully saturated rings. The smallest absolute Gasteiger partial charge is 0.340 e. The highest BCUT2D eigenvalue weighted by Crippen LogP contribution is 2.21. The van der Waals surface area contributed by atoms with E-state index in [1.165, 1.54) is 12.8 Å². The van der Waals surface area contributed by atoms with Crippen LogP contribution in [-0.2, 0) is 9.53 Å². The zero-order chi connectivity index (χ0) is 19.2. The second-order valence-corrected chi connectivity index (χ2v) is 6.55. The van der Waals surface area contributed by atoms with E-state index in [0.29, 0.717) is 24.3 Å². The molecule has 0 saturated carbocycles. The highest BCUT2D eigenvalue weighted by atomic mass is 16.5. The molecule has 1 N–H and O–H groups in total. The van der Waals surface area contributed by atoms with Gasteiger partial charge in [0, 0.05) is 37.6 Å². The van der Waals surface area contributed by atoms with Gasteiger partial charge in [-0.3, -0.25) is 4.79 Å². The molecular weight excluding hydrogens is 342 g/mol. The van der Waals surface area contributed by atoms with Gasteiger partial charge in [-0.2, -0.15) is 0 Å². The van der Waals surface area contributed by atoms with Crippen LogP contribution in [0.5, 0.6) is 0 Å². The Balaban J connectivity index is 1.57. The van der Waals surface area contributed by atoms with E-state index in [0.717, 1.165) is 18.7 Å². The number of amides is 1. The van der Waals surface area contributed by atoms with Gasteiger partial charge in [0.1, 0.15) is 0 Å². The Morgan fingerprint density at radius 2 is 1.70 bits per heavy atom. The summed E-state index contributed by atoms with van der Waals surface area (Å²) in [5.41, 5.74) is 3.10. The van der Waals surface area contributed by atoms with Crippen molar-refractivity contribution in [3.8, 4) is 0 Å². The molecule has 3 rings (SSSR count). The summed E-state index contributed by atoms with van der Waals surface area (Å²) >= 11 is 0. The summed E-state index contributed by atoms with van der Waals surface area (Å²) in [5, 5.41) is 3.10. The number of anilines is 2. The van der Waals surface area contributed by atoms with E-state index < -0.39 is 5.97 Å². The molecule has 0 atom stereocenters. The van der Waals surface area contributed by atoms with Crippen LogP contribution < -0.4 is 10.2 Å². The number of esters is 1. The Labute approximate surface area is 159 Å². The van der Waals surface area contributed by atoms with Gasteiger partial charge in [0.2, 0.25) is 5.91 Å². The van der Waals surface area contributed by atoms with Crippen LogP contribution in [0.2, 0.25) is 0 Å². The van der Waals surface area contributed by atoms with Crippen molar-refractivity contribution < 1.29 is 14.3 Å². The fourth-order valence-electron chi connectivity index (χ4n) is 3.32. The number of para-hydroxylation sites is 1. The SMILES string of the molecule is COC(=O)c1c(C)cccc1NCC(=O)N1CCN(c2ccccc2)CC1. The van der Waals surface area contributed by atoms with Crippen molar-refractivity contribution in [1.29, 1.82) is 0 Å². The molecule has 1 aliphatic heterocycles. The molecule has 0 spiro atoms. The maximum absolute atomic E-state index is 12.6. The van der Waals surface area contributed by atoms with Crippen LogP contribution in [0, 0.1) is 6.92 Å². The van der Waals surface area contributed by atoms with Gasteiger partial charge in [-0.1, -0.05) is 30.3 Å². The van der Waals surface area contributed by atoms with Gasteiger partial charge < -0.3 is 19.9 Å². The molecule has 27 heavy (non-hydrogen) atoms. The minimum atomic E-state index is -0.403. The van der Waals surface area contributed by atoms with Crippen molar-refractivity contribution in [3.05, 3.63) is 59.7 Å². The Bertz CT molecular complexity index is 800. The summed E-state index contributed by atoms with van der Waals surface area (Å²) < 4.78 is 4.85. The Hall–Kier alpha value is -3.02. The molecule has 0 radical (unpaired) electrons. The van der Waals surface area contributed by atoms with Crippen molar-refractivity contribution in [2.45, 2.75) is 6.92 Å². The monoisotopic (exact) mass is 367 g/mol. The van der Waals surface area contributed by atoms with E-state index >= 15 is 0 Å². The molecule has 0 bridgehead atoms. The summed E-state index contributed by atoms with van der Waals surface area (Å²) in [6, 6.07) is 15.7. The molecule has 0 unspecified atom stereocenters. The third kappa shape index (κ3) is 4.39. The average molecular weight is 367 g/mol. The second kappa shape index (κ2) is 8.58. The summed E-state index contributed by atoms with van der Waals surface area (Å²) in [5.74, 6) is -0.375. The zero-order valence-corrected chi connectivity index (χ0v) is 15.8. The molecule has 1 heterocycles. The number of carbonyl (C=O) groups excluding carboxylic acids is 2. The van der Waals surface area contributed by atoms with Crippen LogP contribution in [0.1, 0.15) is 15.9 Å². The van der Waals surface area contributed by atoms with E-state index in [-0.39, 0.29) is 12.5 Å². The number of rotatable bonds is 5. The lowest BCUT2D eigenvalue weighted by molar-refractivity contribution is -0.129. The number of hydrogen-bond acceptors (Lipinski definition) is 5. The van der Waals surface area contributed by atoms with Crippen molar-refractivity contribution in [2.75, 3.05) is 50.1 Å². The lowest BCUT2D eigenvalue weighted by Gasteiger charge is -2.36. The van der Waals surface area contributed by atoms with E-state index in [1.807, 2.05) is 42.2 Å². The van der Waals surface area contributed by atoms with Crippen LogP contribution >= 0.6 is 0 Å². The number of aryl methyl sites for hydroxylation is 1. The fraction of sp³-hybridized carbons (Fsp3) is 0.333. The van der Waals surface area contributed by atoms with Crippen molar-refractivity contribution >= 4 is 23.3 Å². The average Bonchev–Trinajstić information content (AvgIpc) is 2.72. The first-order chi connectivity index (χ1) is 13.1. The molecular formula is C21H25N3O3. The van der Waals surface area contributed by atoms with Gasteiger partial charge in [-0.05, 0) is 30.7 Å². The minimum Gasteiger partial charge on any atom is -0.465 e. The first-order valence-corrected chi connectivity index (χ1v) is 9.09. The van der Waals surface area contributed by atoms with Crippen LogP contribution in [0.15, 0.2) is 48.5 Å². The van der Waals surface area contributed by atoms with Gasteiger partial charge in [0.05, 0.1) is 19.2 Å². The summed E-state index contributed by atoms with van der Waals surface area (Å²) in [4.78, 5) is 28.7. The van der Waals surface area contributed by atoms with Gasteiger partial charge in [-0.15, -0.1) is 0 Å². The van der Waals surface area contributed by atoms with Crippen LogP contribution in [0.3, 0.4) is 0 Å². The third-order valence-corrected chi connectivity index (χ3v) is 4.85. The number of benzene rings is 2. The maximum atomic E-state index is 12.6. The van der Waals surface area contributed by atoms with E-state index in [4.69, 9.17) is 4.74 Å². The standard InChI is InChI=1S/C21H25N3O3/c1-16-7-6-10-18(20(16)21(26)27-2)22-15-19(25)24-13-11-23(12-14-24)17-8-4-3-5-9-17/h3-10,22H,11-15H2,1-2H3. The first-order valence-electron chi connectivity index (χ1n) is 9.09. The zero-order valence-electron chi connectivity index (χ0n) is 15.8. The topological polar surface area (TPSA) is 61.9 Å². The van der Waals surface area contributed by atoms with Gasteiger partial charge in [0.25, 0.3) is 0 Å². The number of nitrogens with zero attached hydrogens (tertiary/aromatic N) is 2. The molecule has 1 saturated heterocycles. The normalized spacial score (nSPS) is 14.0. The predicted molar refractivity (Wildman–Crippen MR) is 106 cm³/mol. The molecule has 6 heteroatoms. The molecule has 1 aliphatic rings. The molecule has 1 amide bonds. The lowest BCUT2D eigenvalue weighted by Crippen LogP contribution is -2.50. The number of carbonyl (C=O) groups is 2. The van der Waals surface area contributed by atoms with Crippen LogP contribution in [0.25, 0.3) is 0 Å². The Morgan fingerprint density at radius 1 is 1.00 bits per heavy atom. The van der Waals surface area contributed by atoms with Crippen molar-refractivity contribution in [3.63, 3.8) is 0 Å². The van der Waals surface area contributed by atoms with Gasteiger partial charge in [-0.25, -0.2) is 4.79 Å². The third-order valence-electron chi connectivity index (χ3n) is 4.85. The minimum absolute atomic E-state index is 0.0278. The number of piperazine rings is 1. The number of nitrogens with one attached hydrogen (secondary N) is 1. The molecule has 142 valence electrons. The predicted octanol–water partition coefficient (Wildman–Crippen LogP) is 2.54. The number of methoxy groups -OCH3 is 1. The van der Waals surface area contributed by atoms with Gasteiger partial charge in [0.15, 0.2) is 0 Å². The lowest BCUT2D eigenvalue weighted by atomic mass is 10.1. The summed E-state index contributed by atoms with van der Waals surface area (Å²) in [7, 11) is 1.36. The van der Waals surface area contributed by atoms with Crippen molar-refractivity contribution in [2.24, 2.45) is 0 Å². The molecule has 0 aliphatic carbocycles. The molecule has 2 aromatic rings. The molecule has 0 aromatic heterocycles. The fourth-order valence-corrected chi connectivity index (χ4v) is 3.32. The largest absolute Gasteiger partial charge is 0.465 e. The summed E-state index contributed by atoms with van der Waals surface area (Å²) in [6.45, 7) is 5.00. The van der Waals surface area contributed by atoms with E-state index in [1.54, 1.807) is 6.07 Å². The van der Waals surface area contributed by atoms with Crippen molar-refractivity contribution in [1.82, 2.24) is 4.90 Å². The maximum Gasteiger partial charge on any atom is 0.340 e. The van der Waals surface area contributed by atoms with Gasteiger partial charge >= 0.3 is 5.97 Å². The highest BCUT2D eigenvalue weighted by molar-refractivity contribution is 5.97. The van der Waals surface area contributed by atoms with E-state index in [9.17, 15) is 9.59 Å². The second-order valence-electron chi connectivity index (χ2n) is 6.55. The highest BCUT2D eigenvalue weighted by Gasteiger charge is 2.22. The quantitative estimate of drug-likeness (QED) is 0.823. The van der Waals surface area contributed by atoms with Crippen LogP contribution in [-0.4, -0.2) is 56.6 Å². The molecule has 2 aromatic carbocycles.